The number of anilines is 1. The highest BCUT2D eigenvalue weighted by atomic mass is 16.2. The molecule has 138 valence electrons. The topological polar surface area (TPSA) is 66.5 Å². The number of carbonyl (C=O) groups excluding carboxylic acids is 3. The smallest absolute Gasteiger partial charge is 0.225 e. The van der Waals surface area contributed by atoms with Crippen molar-refractivity contribution in [1.29, 1.82) is 0 Å². The van der Waals surface area contributed by atoms with E-state index >= 15 is 0 Å². The van der Waals surface area contributed by atoms with Gasteiger partial charge in [0.25, 0.3) is 0 Å². The van der Waals surface area contributed by atoms with Crippen molar-refractivity contribution in [2.24, 2.45) is 0 Å². The van der Waals surface area contributed by atoms with Crippen molar-refractivity contribution in [3.8, 4) is 0 Å². The lowest BCUT2D eigenvalue weighted by molar-refractivity contribution is -0.116. The molecule has 0 unspecified atom stereocenters. The fraction of sp³-hybridized carbons (Fsp3) is 0.318. The third-order valence-corrected chi connectivity index (χ3v) is 5.31. The number of rotatable bonds is 4. The molecular weight excluding hydrogens is 340 g/mol. The fourth-order valence-corrected chi connectivity index (χ4v) is 3.84. The number of hydrogen-bond acceptors (Lipinski definition) is 4. The molecular formula is C22H22N2O3. The maximum Gasteiger partial charge on any atom is 0.225 e. The summed E-state index contributed by atoms with van der Waals surface area (Å²) in [5.74, 6) is -0.400. The zero-order valence-electron chi connectivity index (χ0n) is 15.2. The minimum absolute atomic E-state index is 0.0736. The quantitative estimate of drug-likeness (QED) is 0.773. The predicted octanol–water partition coefficient (Wildman–Crippen LogP) is 3.28. The van der Waals surface area contributed by atoms with Crippen molar-refractivity contribution in [2.45, 2.75) is 25.7 Å². The summed E-state index contributed by atoms with van der Waals surface area (Å²) < 4.78 is 0. The number of ketones is 2. The molecule has 2 aromatic carbocycles. The van der Waals surface area contributed by atoms with E-state index in [4.69, 9.17) is 0 Å². The molecule has 1 heterocycles. The van der Waals surface area contributed by atoms with Crippen LogP contribution in [0.1, 0.15) is 57.5 Å². The van der Waals surface area contributed by atoms with Gasteiger partial charge in [-0.2, -0.15) is 0 Å². The average Bonchev–Trinajstić information content (AvgIpc) is 2.71. The van der Waals surface area contributed by atoms with Crippen LogP contribution >= 0.6 is 0 Å². The van der Waals surface area contributed by atoms with Crippen LogP contribution < -0.4 is 5.32 Å². The summed E-state index contributed by atoms with van der Waals surface area (Å²) in [6.07, 6.45) is 4.09. The summed E-state index contributed by atoms with van der Waals surface area (Å²) in [5.41, 5.74) is 2.16. The molecule has 27 heavy (non-hydrogen) atoms. The molecule has 0 radical (unpaired) electrons. The van der Waals surface area contributed by atoms with Gasteiger partial charge in [-0.3, -0.25) is 14.4 Å². The van der Waals surface area contributed by atoms with Crippen LogP contribution in [0.5, 0.6) is 0 Å². The largest absolute Gasteiger partial charge is 0.326 e. The van der Waals surface area contributed by atoms with Gasteiger partial charge in [0.15, 0.2) is 11.6 Å². The van der Waals surface area contributed by atoms with Crippen LogP contribution in [0.25, 0.3) is 0 Å². The van der Waals surface area contributed by atoms with E-state index in [0.29, 0.717) is 34.4 Å². The van der Waals surface area contributed by atoms with Gasteiger partial charge in [-0.25, -0.2) is 0 Å². The summed E-state index contributed by atoms with van der Waals surface area (Å²) in [7, 11) is 0. The Balaban J connectivity index is 1.47. The Morgan fingerprint density at radius 3 is 2.19 bits per heavy atom. The zero-order chi connectivity index (χ0) is 18.8. The molecule has 0 aromatic heterocycles. The minimum atomic E-state index is -0.176. The molecule has 0 atom stereocenters. The molecule has 5 nitrogen and oxygen atoms in total. The van der Waals surface area contributed by atoms with Gasteiger partial charge in [-0.15, -0.1) is 0 Å². The molecule has 0 saturated carbocycles. The number of likely N-dealkylation sites (tertiary alicyclic amines) is 1. The van der Waals surface area contributed by atoms with E-state index in [0.717, 1.165) is 19.6 Å². The van der Waals surface area contributed by atoms with E-state index in [1.54, 1.807) is 42.5 Å². The molecule has 1 N–H and O–H groups in total. The molecule has 2 aromatic rings. The van der Waals surface area contributed by atoms with Crippen molar-refractivity contribution in [1.82, 2.24) is 4.90 Å². The van der Waals surface area contributed by atoms with Crippen molar-refractivity contribution in [2.75, 3.05) is 25.0 Å². The number of nitrogens with zero attached hydrogens (tertiary/aromatic N) is 1. The summed E-state index contributed by atoms with van der Waals surface area (Å²) in [6, 6.07) is 11.8. The maximum atomic E-state index is 12.8. The van der Waals surface area contributed by atoms with Crippen molar-refractivity contribution < 1.29 is 14.4 Å². The maximum absolute atomic E-state index is 12.8. The fourth-order valence-electron chi connectivity index (χ4n) is 3.84. The van der Waals surface area contributed by atoms with Crippen LogP contribution in [-0.2, 0) is 4.79 Å². The predicted molar refractivity (Wildman–Crippen MR) is 103 cm³/mol. The van der Waals surface area contributed by atoms with Gasteiger partial charge in [0.1, 0.15) is 0 Å². The van der Waals surface area contributed by atoms with Crippen LogP contribution in [0.2, 0.25) is 0 Å². The number of benzene rings is 2. The summed E-state index contributed by atoms with van der Waals surface area (Å²) in [5, 5.41) is 2.86. The van der Waals surface area contributed by atoms with Crippen LogP contribution in [0.4, 0.5) is 5.69 Å². The first-order valence-corrected chi connectivity index (χ1v) is 9.48. The van der Waals surface area contributed by atoms with E-state index in [1.807, 2.05) is 0 Å². The number of hydrogen-bond donors (Lipinski definition) is 1. The lowest BCUT2D eigenvalue weighted by Crippen LogP contribution is -2.32. The molecule has 1 amide bonds. The number of amides is 1. The highest BCUT2D eigenvalue weighted by Gasteiger charge is 2.29. The van der Waals surface area contributed by atoms with E-state index in [9.17, 15) is 14.4 Å². The Hall–Kier alpha value is -2.79. The van der Waals surface area contributed by atoms with E-state index in [1.165, 1.54) is 19.3 Å². The number of carbonyl (C=O) groups is 3. The van der Waals surface area contributed by atoms with E-state index in [2.05, 4.69) is 10.2 Å². The Morgan fingerprint density at radius 1 is 0.852 bits per heavy atom. The third kappa shape index (κ3) is 3.55. The SMILES string of the molecule is O=C(CCN1CCCCC1)Nc1ccc2c(c1)C(=O)c1ccccc1C2=O. The first kappa shape index (κ1) is 17.6. The van der Waals surface area contributed by atoms with Gasteiger partial charge in [0.2, 0.25) is 5.91 Å². The Morgan fingerprint density at radius 2 is 1.48 bits per heavy atom. The lowest BCUT2D eigenvalue weighted by Gasteiger charge is -2.26. The van der Waals surface area contributed by atoms with Crippen LogP contribution in [0.15, 0.2) is 42.5 Å². The third-order valence-electron chi connectivity index (χ3n) is 5.31. The van der Waals surface area contributed by atoms with Crippen molar-refractivity contribution in [3.63, 3.8) is 0 Å². The average molecular weight is 362 g/mol. The number of piperidine rings is 1. The van der Waals surface area contributed by atoms with E-state index < -0.39 is 0 Å². The highest BCUT2D eigenvalue weighted by Crippen LogP contribution is 2.29. The van der Waals surface area contributed by atoms with Crippen LogP contribution in [0.3, 0.4) is 0 Å². The molecule has 1 saturated heterocycles. The van der Waals surface area contributed by atoms with Gasteiger partial charge in [-0.05, 0) is 44.1 Å². The van der Waals surface area contributed by atoms with Crippen molar-refractivity contribution in [3.05, 3.63) is 64.7 Å². The van der Waals surface area contributed by atoms with E-state index in [-0.39, 0.29) is 17.5 Å². The van der Waals surface area contributed by atoms with Gasteiger partial charge >= 0.3 is 0 Å². The molecule has 0 spiro atoms. The van der Waals surface area contributed by atoms with Gasteiger partial charge in [-0.1, -0.05) is 30.7 Å². The van der Waals surface area contributed by atoms with Gasteiger partial charge < -0.3 is 10.2 Å². The minimum Gasteiger partial charge on any atom is -0.326 e. The normalized spacial score (nSPS) is 16.6. The monoisotopic (exact) mass is 362 g/mol. The number of nitrogens with one attached hydrogen (secondary N) is 1. The molecule has 5 heteroatoms. The first-order chi connectivity index (χ1) is 13.1. The molecule has 1 aliphatic carbocycles. The Kier molecular flexibility index (Phi) is 4.86. The van der Waals surface area contributed by atoms with Crippen LogP contribution in [-0.4, -0.2) is 42.0 Å². The second-order valence-electron chi connectivity index (χ2n) is 7.16. The van der Waals surface area contributed by atoms with Gasteiger partial charge in [0, 0.05) is 40.9 Å². The first-order valence-electron chi connectivity index (χ1n) is 9.48. The molecule has 1 fully saturated rings. The Labute approximate surface area is 158 Å². The van der Waals surface area contributed by atoms with Crippen LogP contribution in [0, 0.1) is 0 Å². The summed E-state index contributed by atoms with van der Waals surface area (Å²) in [4.78, 5) is 40.0. The van der Waals surface area contributed by atoms with Gasteiger partial charge in [0.05, 0.1) is 0 Å². The standard InChI is InChI=1S/C22H22N2O3/c25-20(10-13-24-11-4-1-5-12-24)23-15-8-9-18-19(14-15)22(27)17-7-3-2-6-16(17)21(18)26/h2-3,6-9,14H,1,4-5,10-13H2,(H,23,25). The summed E-state index contributed by atoms with van der Waals surface area (Å²) >= 11 is 0. The second kappa shape index (κ2) is 7.45. The lowest BCUT2D eigenvalue weighted by atomic mass is 9.84. The molecule has 2 aliphatic rings. The molecule has 0 bridgehead atoms. The molecule has 1 aliphatic heterocycles. The highest BCUT2D eigenvalue weighted by molar-refractivity contribution is 6.28. The number of fused-ring (bicyclic) bond motifs is 2. The van der Waals surface area contributed by atoms with Crippen molar-refractivity contribution >= 4 is 23.2 Å². The molecule has 4 rings (SSSR count). The second-order valence-corrected chi connectivity index (χ2v) is 7.16. The summed E-state index contributed by atoms with van der Waals surface area (Å²) in [6.45, 7) is 2.87. The zero-order valence-corrected chi connectivity index (χ0v) is 15.2. The Bertz CT molecular complexity index is 914.